The van der Waals surface area contributed by atoms with E-state index in [9.17, 15) is 17.6 Å². The molecule has 2 saturated heterocycles. The number of hydrogen-bond donors (Lipinski definition) is 1. The summed E-state index contributed by atoms with van der Waals surface area (Å²) in [7, 11) is -3.91. The van der Waals surface area contributed by atoms with Gasteiger partial charge in [-0.1, -0.05) is 28.9 Å². The molecule has 5 rings (SSSR count). The summed E-state index contributed by atoms with van der Waals surface area (Å²) in [6.45, 7) is 0.769. The van der Waals surface area contributed by atoms with Gasteiger partial charge in [-0.15, -0.1) is 0 Å². The quantitative estimate of drug-likeness (QED) is 0.534. The highest BCUT2D eigenvalue weighted by molar-refractivity contribution is 7.89. The molecule has 0 spiro atoms. The number of anilines is 1. The van der Waals surface area contributed by atoms with Gasteiger partial charge in [-0.05, 0) is 43.2 Å². The number of aromatic nitrogens is 1. The van der Waals surface area contributed by atoms with Crippen molar-refractivity contribution in [2.45, 2.75) is 31.4 Å². The van der Waals surface area contributed by atoms with Crippen LogP contribution in [-0.4, -0.2) is 61.4 Å². The van der Waals surface area contributed by atoms with E-state index in [4.69, 9.17) is 16.1 Å². The van der Waals surface area contributed by atoms with Crippen molar-refractivity contribution in [1.82, 2.24) is 14.8 Å². The molecule has 2 fully saturated rings. The normalized spacial score (nSPS) is 22.1. The number of carbonyl (C=O) groups is 1. The van der Waals surface area contributed by atoms with Gasteiger partial charge in [0.05, 0.1) is 16.2 Å². The minimum atomic E-state index is -3.91. The molecule has 35 heavy (non-hydrogen) atoms. The maximum Gasteiger partial charge on any atom is 0.326 e. The van der Waals surface area contributed by atoms with Gasteiger partial charge in [-0.3, -0.25) is 4.90 Å². The third kappa shape index (κ3) is 3.93. The summed E-state index contributed by atoms with van der Waals surface area (Å²) in [4.78, 5) is 15.6. The first-order chi connectivity index (χ1) is 16.5. The van der Waals surface area contributed by atoms with Crippen LogP contribution in [0.25, 0.3) is 22.1 Å². The molecule has 2 aliphatic rings. The number of sulfonamides is 1. The molecule has 2 aliphatic heterocycles. The van der Waals surface area contributed by atoms with Crippen LogP contribution in [0.1, 0.15) is 13.3 Å². The first-order valence-electron chi connectivity index (χ1n) is 10.8. The van der Waals surface area contributed by atoms with Crippen LogP contribution < -0.4 is 9.62 Å². The predicted molar refractivity (Wildman–Crippen MR) is 124 cm³/mol. The van der Waals surface area contributed by atoms with E-state index in [-0.39, 0.29) is 29.6 Å². The monoisotopic (exact) mass is 528 g/mol. The van der Waals surface area contributed by atoms with Crippen LogP contribution in [-0.2, 0) is 10.0 Å². The number of benzene rings is 2. The lowest BCUT2D eigenvalue weighted by molar-refractivity contribution is -0.0448. The molecular weight excluding hydrogens is 509 g/mol. The summed E-state index contributed by atoms with van der Waals surface area (Å²) in [5, 5.41) is 4.59. The first-order valence-corrected chi connectivity index (χ1v) is 12.9. The van der Waals surface area contributed by atoms with E-state index in [1.807, 2.05) is 4.72 Å². The number of nitrogens with zero attached hydrogens (tertiary/aromatic N) is 3. The number of hydrogen-bond acceptors (Lipinski definition) is 5. The Labute approximate surface area is 203 Å². The highest BCUT2D eigenvalue weighted by Gasteiger charge is 2.60. The number of urea groups is 1. The summed E-state index contributed by atoms with van der Waals surface area (Å²) in [6, 6.07) is 4.98. The summed E-state index contributed by atoms with van der Waals surface area (Å²) >= 11 is 6.26. The Morgan fingerprint density at radius 3 is 2.74 bits per heavy atom. The van der Waals surface area contributed by atoms with Crippen LogP contribution in [0.5, 0.6) is 0 Å². The van der Waals surface area contributed by atoms with Crippen molar-refractivity contribution in [2.24, 2.45) is 0 Å². The summed E-state index contributed by atoms with van der Waals surface area (Å²) in [5.74, 6) is -4.20. The van der Waals surface area contributed by atoms with Gasteiger partial charge in [0, 0.05) is 18.7 Å². The number of amides is 2. The molecule has 8 nitrogen and oxygen atoms in total. The maximum atomic E-state index is 15.1. The molecule has 186 valence electrons. The lowest BCUT2D eigenvalue weighted by Gasteiger charge is -2.37. The van der Waals surface area contributed by atoms with Gasteiger partial charge >= 0.3 is 6.03 Å². The van der Waals surface area contributed by atoms with E-state index >= 15 is 8.78 Å². The molecular formula is C22H20ClF3N4O4S. The SMILES string of the molecule is CCS(=O)(=O)N[C@@H]1CN2C(=O)N(c3noc4cccc(-c5ccc(F)cc5Cl)c34)CC[C@@H]2C1(F)F. The molecule has 2 atom stereocenters. The van der Waals surface area contributed by atoms with E-state index in [0.717, 1.165) is 11.0 Å². The van der Waals surface area contributed by atoms with Crippen LogP contribution in [0, 0.1) is 5.82 Å². The fourth-order valence-electron chi connectivity index (χ4n) is 4.65. The highest BCUT2D eigenvalue weighted by Crippen LogP contribution is 2.43. The molecule has 3 aromatic rings. The molecule has 0 saturated carbocycles. The zero-order valence-electron chi connectivity index (χ0n) is 18.3. The second kappa shape index (κ2) is 8.38. The van der Waals surface area contributed by atoms with Crippen molar-refractivity contribution in [1.29, 1.82) is 0 Å². The van der Waals surface area contributed by atoms with Crippen LogP contribution in [0.3, 0.4) is 0 Å². The van der Waals surface area contributed by atoms with Crippen molar-refractivity contribution >= 4 is 44.4 Å². The maximum absolute atomic E-state index is 15.1. The Morgan fingerprint density at radius 1 is 1.26 bits per heavy atom. The lowest BCUT2D eigenvalue weighted by Crippen LogP contribution is -2.56. The average molecular weight is 529 g/mol. The standard InChI is InChI=1S/C22H20ClF3N4O4S/c1-2-35(32,33)28-17-11-30-18(22(17,25)26)8-9-29(21(30)31)20-19-14(4-3-5-16(19)34-27-20)13-7-6-12(24)10-15(13)23/h3-7,10,17-18,28H,2,8-9,11H2,1H3/t17-,18-/m1/s1. The number of carbonyl (C=O) groups excluding carboxylic acids is 1. The molecule has 0 radical (unpaired) electrons. The molecule has 0 unspecified atom stereocenters. The van der Waals surface area contributed by atoms with Gasteiger partial charge in [0.1, 0.15) is 17.9 Å². The fraction of sp³-hybridized carbons (Fsp3) is 0.364. The minimum absolute atomic E-state index is 0.0873. The second-order valence-electron chi connectivity index (χ2n) is 8.45. The van der Waals surface area contributed by atoms with Gasteiger partial charge in [0.15, 0.2) is 11.4 Å². The van der Waals surface area contributed by atoms with Gasteiger partial charge < -0.3 is 9.42 Å². The van der Waals surface area contributed by atoms with Crippen LogP contribution in [0.2, 0.25) is 5.02 Å². The minimum Gasteiger partial charge on any atom is -0.354 e. The predicted octanol–water partition coefficient (Wildman–Crippen LogP) is 4.24. The summed E-state index contributed by atoms with van der Waals surface area (Å²) in [5.41, 5.74) is 1.33. The molecule has 13 heteroatoms. The van der Waals surface area contributed by atoms with E-state index in [1.54, 1.807) is 18.2 Å². The average Bonchev–Trinajstić information content (AvgIpc) is 3.34. The lowest BCUT2D eigenvalue weighted by atomic mass is 10.00. The number of fused-ring (bicyclic) bond motifs is 2. The van der Waals surface area contributed by atoms with Gasteiger partial charge in [0.25, 0.3) is 5.92 Å². The third-order valence-electron chi connectivity index (χ3n) is 6.43. The zero-order valence-corrected chi connectivity index (χ0v) is 19.9. The third-order valence-corrected chi connectivity index (χ3v) is 8.14. The van der Waals surface area contributed by atoms with Gasteiger partial charge in [0.2, 0.25) is 10.0 Å². The van der Waals surface area contributed by atoms with Crippen molar-refractivity contribution < 1.29 is 30.9 Å². The van der Waals surface area contributed by atoms with Crippen LogP contribution in [0.15, 0.2) is 40.9 Å². The highest BCUT2D eigenvalue weighted by atomic mass is 35.5. The Morgan fingerprint density at radius 2 is 2.03 bits per heavy atom. The Kier molecular flexibility index (Phi) is 5.72. The molecule has 3 heterocycles. The Hall–Kier alpha value is -2.83. The molecule has 2 aromatic carbocycles. The fourth-order valence-corrected chi connectivity index (χ4v) is 5.75. The van der Waals surface area contributed by atoms with Crippen molar-refractivity contribution in [2.75, 3.05) is 23.7 Å². The van der Waals surface area contributed by atoms with Crippen LogP contribution >= 0.6 is 11.6 Å². The van der Waals surface area contributed by atoms with Crippen molar-refractivity contribution in [3.8, 4) is 11.1 Å². The van der Waals surface area contributed by atoms with E-state index in [2.05, 4.69) is 5.16 Å². The number of rotatable bonds is 5. The van der Waals surface area contributed by atoms with E-state index < -0.39 is 46.4 Å². The molecule has 0 aliphatic carbocycles. The molecule has 2 amide bonds. The smallest absolute Gasteiger partial charge is 0.326 e. The van der Waals surface area contributed by atoms with E-state index in [1.165, 1.54) is 24.0 Å². The molecule has 1 aromatic heterocycles. The van der Waals surface area contributed by atoms with E-state index in [0.29, 0.717) is 22.1 Å². The topological polar surface area (TPSA) is 95.8 Å². The van der Waals surface area contributed by atoms with Crippen molar-refractivity contribution in [3.05, 3.63) is 47.2 Å². The van der Waals surface area contributed by atoms with Gasteiger partial charge in [-0.2, -0.15) is 0 Å². The number of alkyl halides is 2. The number of nitrogens with one attached hydrogen (secondary N) is 1. The summed E-state index contributed by atoms with van der Waals surface area (Å²) < 4.78 is 75.0. The molecule has 0 bridgehead atoms. The Balaban J connectivity index is 1.53. The van der Waals surface area contributed by atoms with Crippen molar-refractivity contribution in [3.63, 3.8) is 0 Å². The summed E-state index contributed by atoms with van der Waals surface area (Å²) in [6.07, 6.45) is -0.114. The largest absolute Gasteiger partial charge is 0.354 e. The number of halogens is 4. The molecule has 1 N–H and O–H groups in total. The Bertz CT molecular complexity index is 1430. The zero-order chi connectivity index (χ0) is 25.1. The van der Waals surface area contributed by atoms with Gasteiger partial charge in [-0.25, -0.2) is 31.1 Å². The van der Waals surface area contributed by atoms with Crippen LogP contribution in [0.4, 0.5) is 23.8 Å². The first kappa shape index (κ1) is 23.9. The second-order valence-corrected chi connectivity index (χ2v) is 10.9.